The fraction of sp³-hybridized carbons (Fsp3) is 0.400. The van der Waals surface area contributed by atoms with Crippen molar-refractivity contribution in [2.75, 3.05) is 13.2 Å². The van der Waals surface area contributed by atoms with Gasteiger partial charge in [-0.2, -0.15) is 0 Å². The highest BCUT2D eigenvalue weighted by Gasteiger charge is 2.29. The van der Waals surface area contributed by atoms with Gasteiger partial charge in [-0.3, -0.25) is 14.4 Å². The van der Waals surface area contributed by atoms with E-state index in [9.17, 15) is 19.5 Å². The number of aliphatic hydroxyl groups is 1. The molecule has 8 nitrogen and oxygen atoms in total. The van der Waals surface area contributed by atoms with Crippen molar-refractivity contribution < 1.29 is 24.2 Å². The van der Waals surface area contributed by atoms with Gasteiger partial charge in [-0.05, 0) is 60.9 Å². The Bertz CT molecular complexity index is 1280. The molecule has 230 valence electrons. The molecule has 0 bridgehead atoms. The molecule has 0 aromatic heterocycles. The van der Waals surface area contributed by atoms with E-state index in [0.717, 1.165) is 23.1 Å². The lowest BCUT2D eigenvalue weighted by molar-refractivity contribution is -0.130. The van der Waals surface area contributed by atoms with Crippen LogP contribution in [-0.2, 0) is 33.6 Å². The Morgan fingerprint density at radius 3 is 2.12 bits per heavy atom. The van der Waals surface area contributed by atoms with Gasteiger partial charge in [0, 0.05) is 13.0 Å². The minimum absolute atomic E-state index is 0.104. The lowest BCUT2D eigenvalue weighted by atomic mass is 9.96. The standard InChI is InChI=1S/C35H45N3O5/c1-4-43-29-17-11-16-28(22-29)24-33(41)38-34(25(2)3)35(42)37-30(23-27-14-9-6-10-15-27)31(39)18-19-32(40)36-21-20-26-12-7-5-8-13-26/h5-17,22,25,30-31,34,39H,4,18-21,23-24H2,1-3H3,(H,36,40)(H,37,42)(H,38,41)/t30-,31-,34-/m0/s1. The minimum Gasteiger partial charge on any atom is -0.494 e. The summed E-state index contributed by atoms with van der Waals surface area (Å²) in [6, 6.07) is 25.4. The molecule has 8 heteroatoms. The van der Waals surface area contributed by atoms with Gasteiger partial charge in [0.2, 0.25) is 17.7 Å². The average Bonchev–Trinajstić information content (AvgIpc) is 2.99. The number of carbonyl (C=O) groups is 3. The number of carbonyl (C=O) groups excluding carboxylic acids is 3. The number of benzene rings is 3. The van der Waals surface area contributed by atoms with Gasteiger partial charge in [-0.15, -0.1) is 0 Å². The van der Waals surface area contributed by atoms with Crippen LogP contribution in [0.1, 0.15) is 50.3 Å². The van der Waals surface area contributed by atoms with Crippen molar-refractivity contribution in [3.63, 3.8) is 0 Å². The van der Waals surface area contributed by atoms with Crippen molar-refractivity contribution >= 4 is 17.7 Å². The molecule has 0 radical (unpaired) electrons. The zero-order chi connectivity index (χ0) is 31.0. The third-order valence-corrected chi connectivity index (χ3v) is 7.18. The summed E-state index contributed by atoms with van der Waals surface area (Å²) in [5, 5.41) is 19.9. The van der Waals surface area contributed by atoms with Gasteiger partial charge in [0.15, 0.2) is 0 Å². The van der Waals surface area contributed by atoms with Crippen molar-refractivity contribution in [1.29, 1.82) is 0 Å². The van der Waals surface area contributed by atoms with Crippen molar-refractivity contribution in [2.45, 2.75) is 71.1 Å². The van der Waals surface area contributed by atoms with Gasteiger partial charge in [0.05, 0.1) is 25.2 Å². The molecule has 3 atom stereocenters. The van der Waals surface area contributed by atoms with Crippen LogP contribution in [0.25, 0.3) is 0 Å². The Morgan fingerprint density at radius 1 is 0.814 bits per heavy atom. The zero-order valence-electron chi connectivity index (χ0n) is 25.4. The van der Waals surface area contributed by atoms with Crippen LogP contribution in [0.2, 0.25) is 0 Å². The van der Waals surface area contributed by atoms with E-state index >= 15 is 0 Å². The second kappa shape index (κ2) is 17.7. The van der Waals surface area contributed by atoms with Crippen molar-refractivity contribution in [1.82, 2.24) is 16.0 Å². The minimum atomic E-state index is -0.964. The number of ether oxygens (including phenoxy) is 1. The van der Waals surface area contributed by atoms with Crippen LogP contribution in [0.4, 0.5) is 0 Å². The normalized spacial score (nSPS) is 13.0. The molecule has 0 aliphatic rings. The molecule has 0 heterocycles. The molecule has 0 saturated carbocycles. The predicted molar refractivity (Wildman–Crippen MR) is 169 cm³/mol. The summed E-state index contributed by atoms with van der Waals surface area (Å²) in [5.74, 6) is -0.314. The molecule has 0 aliphatic heterocycles. The molecule has 43 heavy (non-hydrogen) atoms. The summed E-state index contributed by atoms with van der Waals surface area (Å²) in [6.07, 6.45) is 0.557. The molecule has 0 saturated heterocycles. The van der Waals surface area contributed by atoms with Crippen LogP contribution < -0.4 is 20.7 Å². The summed E-state index contributed by atoms with van der Waals surface area (Å²) >= 11 is 0. The maximum absolute atomic E-state index is 13.5. The number of nitrogens with one attached hydrogen (secondary N) is 3. The summed E-state index contributed by atoms with van der Waals surface area (Å²) < 4.78 is 5.53. The van der Waals surface area contributed by atoms with Crippen molar-refractivity contribution in [2.24, 2.45) is 5.92 Å². The van der Waals surface area contributed by atoms with Crippen LogP contribution in [0.15, 0.2) is 84.9 Å². The first-order valence-corrected chi connectivity index (χ1v) is 15.1. The quantitative estimate of drug-likeness (QED) is 0.191. The molecule has 3 aromatic carbocycles. The first-order valence-electron chi connectivity index (χ1n) is 15.1. The van der Waals surface area contributed by atoms with Gasteiger partial charge in [-0.25, -0.2) is 0 Å². The first-order chi connectivity index (χ1) is 20.7. The van der Waals surface area contributed by atoms with Crippen molar-refractivity contribution in [3.05, 3.63) is 102 Å². The number of hydrogen-bond acceptors (Lipinski definition) is 5. The number of amides is 3. The smallest absolute Gasteiger partial charge is 0.243 e. The molecule has 0 spiro atoms. The molecule has 0 fully saturated rings. The number of rotatable bonds is 17. The fourth-order valence-corrected chi connectivity index (χ4v) is 4.84. The van der Waals surface area contributed by atoms with Gasteiger partial charge in [-0.1, -0.05) is 86.6 Å². The fourth-order valence-electron chi connectivity index (χ4n) is 4.84. The van der Waals surface area contributed by atoms with Gasteiger partial charge in [0.25, 0.3) is 0 Å². The second-order valence-electron chi connectivity index (χ2n) is 11.0. The monoisotopic (exact) mass is 587 g/mol. The van der Waals surface area contributed by atoms with Gasteiger partial charge < -0.3 is 25.8 Å². The van der Waals surface area contributed by atoms with E-state index in [0.29, 0.717) is 25.3 Å². The van der Waals surface area contributed by atoms with Crippen molar-refractivity contribution in [3.8, 4) is 5.75 Å². The third kappa shape index (κ3) is 11.9. The Balaban J connectivity index is 1.60. The number of aliphatic hydroxyl groups excluding tert-OH is 1. The molecule has 3 rings (SSSR count). The molecule has 3 aromatic rings. The van der Waals surface area contributed by atoms with Crippen LogP contribution in [0.5, 0.6) is 5.75 Å². The van der Waals surface area contributed by atoms with E-state index in [1.54, 1.807) is 0 Å². The van der Waals surface area contributed by atoms with E-state index in [1.807, 2.05) is 106 Å². The Labute approximate surface area is 255 Å². The predicted octanol–water partition coefficient (Wildman–Crippen LogP) is 4.00. The van der Waals surface area contributed by atoms with Gasteiger partial charge in [0.1, 0.15) is 11.8 Å². The molecule has 4 N–H and O–H groups in total. The highest BCUT2D eigenvalue weighted by Crippen LogP contribution is 2.15. The van der Waals surface area contributed by atoms with Crippen LogP contribution in [-0.4, -0.2) is 54.2 Å². The molecular weight excluding hydrogens is 542 g/mol. The van der Waals surface area contributed by atoms with Crippen LogP contribution in [0.3, 0.4) is 0 Å². The largest absolute Gasteiger partial charge is 0.494 e. The zero-order valence-corrected chi connectivity index (χ0v) is 25.4. The Hall–Kier alpha value is -4.17. The van der Waals surface area contributed by atoms with Gasteiger partial charge >= 0.3 is 0 Å². The lowest BCUT2D eigenvalue weighted by Crippen LogP contribution is -2.55. The first kappa shape index (κ1) is 33.3. The maximum atomic E-state index is 13.5. The van der Waals surface area contributed by atoms with E-state index < -0.39 is 18.2 Å². The Morgan fingerprint density at radius 2 is 1.47 bits per heavy atom. The molecular formula is C35H45N3O5. The highest BCUT2D eigenvalue weighted by molar-refractivity contribution is 5.88. The molecule has 0 aliphatic carbocycles. The summed E-state index contributed by atoms with van der Waals surface area (Å²) in [4.78, 5) is 38.9. The van der Waals surface area contributed by atoms with E-state index in [2.05, 4.69) is 16.0 Å². The van der Waals surface area contributed by atoms with E-state index in [1.165, 1.54) is 0 Å². The second-order valence-corrected chi connectivity index (χ2v) is 11.0. The van der Waals surface area contributed by atoms with Crippen LogP contribution in [0, 0.1) is 5.92 Å². The van der Waals surface area contributed by atoms with Crippen LogP contribution >= 0.6 is 0 Å². The summed E-state index contributed by atoms with van der Waals surface area (Å²) in [7, 11) is 0. The average molecular weight is 588 g/mol. The van der Waals surface area contributed by atoms with E-state index in [-0.39, 0.29) is 42.9 Å². The summed E-state index contributed by atoms with van der Waals surface area (Å²) in [6.45, 7) is 6.66. The van der Waals surface area contributed by atoms with E-state index in [4.69, 9.17) is 4.74 Å². The lowest BCUT2D eigenvalue weighted by Gasteiger charge is -2.28. The Kier molecular flexibility index (Phi) is 13.7. The number of hydrogen-bond donors (Lipinski definition) is 4. The molecule has 3 amide bonds. The summed E-state index contributed by atoms with van der Waals surface area (Å²) in [5.41, 5.74) is 2.86. The third-order valence-electron chi connectivity index (χ3n) is 7.18. The molecule has 0 unspecified atom stereocenters. The SMILES string of the molecule is CCOc1cccc(CC(=O)N[C@H](C(=O)N[C@@H](Cc2ccccc2)[C@@H](O)CCC(=O)NCCc2ccccc2)C(C)C)c1. The topological polar surface area (TPSA) is 117 Å². The highest BCUT2D eigenvalue weighted by atomic mass is 16.5. The maximum Gasteiger partial charge on any atom is 0.243 e.